The fourth-order valence-corrected chi connectivity index (χ4v) is 3.13. The van der Waals surface area contributed by atoms with Gasteiger partial charge in [-0.15, -0.1) is 0 Å². The Labute approximate surface area is 154 Å². The molecule has 0 aliphatic carbocycles. The molecule has 1 aromatic rings. The van der Waals surface area contributed by atoms with Gasteiger partial charge in [-0.1, -0.05) is 25.6 Å². The van der Waals surface area contributed by atoms with Crippen LogP contribution in [0.2, 0.25) is 0 Å². The first-order valence-corrected chi connectivity index (χ1v) is 8.82. The first-order chi connectivity index (χ1) is 12.3. The Bertz CT molecular complexity index is 750. The van der Waals surface area contributed by atoms with Gasteiger partial charge >= 0.3 is 0 Å². The van der Waals surface area contributed by atoms with E-state index in [9.17, 15) is 19.7 Å². The third kappa shape index (κ3) is 5.19. The SMILES string of the molecule is COc1cc([N+](=O)[O-])ccc1NC(=O)C[C@H]1SC(=NCC(C)C)NC1=O. The quantitative estimate of drug-likeness (QED) is 0.552. The summed E-state index contributed by atoms with van der Waals surface area (Å²) in [6, 6.07) is 3.89. The number of thioether (sulfide) groups is 1. The fourth-order valence-electron chi connectivity index (χ4n) is 2.15. The average molecular weight is 380 g/mol. The molecule has 0 unspecified atom stereocenters. The van der Waals surface area contributed by atoms with Crippen LogP contribution in [0.5, 0.6) is 5.75 Å². The second kappa shape index (κ2) is 8.65. The van der Waals surface area contributed by atoms with E-state index in [1.807, 2.05) is 13.8 Å². The van der Waals surface area contributed by atoms with Gasteiger partial charge in [0.05, 0.1) is 23.8 Å². The van der Waals surface area contributed by atoms with Crippen molar-refractivity contribution in [3.05, 3.63) is 28.3 Å². The first kappa shape index (κ1) is 19.7. The Balaban J connectivity index is 2.00. The monoisotopic (exact) mass is 380 g/mol. The van der Waals surface area contributed by atoms with Crippen molar-refractivity contribution < 1.29 is 19.2 Å². The average Bonchev–Trinajstić information content (AvgIpc) is 2.92. The minimum Gasteiger partial charge on any atom is -0.494 e. The highest BCUT2D eigenvalue weighted by atomic mass is 32.2. The minimum atomic E-state index is -0.565. The zero-order chi connectivity index (χ0) is 19.3. The second-order valence-corrected chi connectivity index (χ2v) is 7.22. The summed E-state index contributed by atoms with van der Waals surface area (Å²) in [6.45, 7) is 4.64. The molecule has 1 atom stereocenters. The number of nitro benzene ring substituents is 1. The number of non-ortho nitro benzene ring substituents is 1. The number of amidine groups is 1. The van der Waals surface area contributed by atoms with Gasteiger partial charge < -0.3 is 15.4 Å². The Morgan fingerprint density at radius 2 is 2.23 bits per heavy atom. The number of carbonyl (C=O) groups excluding carboxylic acids is 2. The summed E-state index contributed by atoms with van der Waals surface area (Å²) in [5.74, 6) is -0.106. The summed E-state index contributed by atoms with van der Waals surface area (Å²) in [5.41, 5.74) is 0.164. The number of amides is 2. The Morgan fingerprint density at radius 1 is 1.50 bits per heavy atom. The molecule has 26 heavy (non-hydrogen) atoms. The van der Waals surface area contributed by atoms with Crippen LogP contribution >= 0.6 is 11.8 Å². The van der Waals surface area contributed by atoms with Crippen molar-refractivity contribution in [2.24, 2.45) is 10.9 Å². The van der Waals surface area contributed by atoms with Crippen molar-refractivity contribution >= 4 is 40.1 Å². The van der Waals surface area contributed by atoms with Crippen molar-refractivity contribution in [2.75, 3.05) is 19.0 Å². The van der Waals surface area contributed by atoms with E-state index < -0.39 is 16.1 Å². The molecule has 1 aromatic carbocycles. The van der Waals surface area contributed by atoms with Gasteiger partial charge in [0.15, 0.2) is 5.17 Å². The number of rotatable bonds is 7. The van der Waals surface area contributed by atoms with Gasteiger partial charge in [0, 0.05) is 19.0 Å². The van der Waals surface area contributed by atoms with Crippen molar-refractivity contribution in [3.8, 4) is 5.75 Å². The highest BCUT2D eigenvalue weighted by Crippen LogP contribution is 2.30. The number of nitrogens with zero attached hydrogens (tertiary/aromatic N) is 2. The van der Waals surface area contributed by atoms with Gasteiger partial charge in [-0.05, 0) is 12.0 Å². The number of anilines is 1. The largest absolute Gasteiger partial charge is 0.494 e. The molecule has 1 heterocycles. The van der Waals surface area contributed by atoms with Crippen LogP contribution in [-0.4, -0.2) is 40.8 Å². The van der Waals surface area contributed by atoms with E-state index in [-0.39, 0.29) is 23.8 Å². The molecule has 0 radical (unpaired) electrons. The molecule has 1 aliphatic rings. The smallest absolute Gasteiger partial charge is 0.273 e. The van der Waals surface area contributed by atoms with Crippen molar-refractivity contribution in [1.82, 2.24) is 5.32 Å². The lowest BCUT2D eigenvalue weighted by Crippen LogP contribution is -2.28. The maximum Gasteiger partial charge on any atom is 0.273 e. The number of methoxy groups -OCH3 is 1. The fraction of sp³-hybridized carbons (Fsp3) is 0.438. The predicted octanol–water partition coefficient (Wildman–Crippen LogP) is 2.18. The number of nitro groups is 1. The van der Waals surface area contributed by atoms with Gasteiger partial charge in [-0.2, -0.15) is 0 Å². The lowest BCUT2D eigenvalue weighted by Gasteiger charge is -2.11. The molecule has 2 N–H and O–H groups in total. The molecule has 0 aromatic heterocycles. The van der Waals surface area contributed by atoms with Gasteiger partial charge in [0.1, 0.15) is 11.0 Å². The topological polar surface area (TPSA) is 123 Å². The Kier molecular flexibility index (Phi) is 6.56. The number of hydrogen-bond donors (Lipinski definition) is 2. The molecule has 1 aliphatic heterocycles. The molecule has 0 saturated carbocycles. The van der Waals surface area contributed by atoms with E-state index >= 15 is 0 Å². The van der Waals surface area contributed by atoms with Crippen LogP contribution in [0.3, 0.4) is 0 Å². The maximum absolute atomic E-state index is 12.2. The van der Waals surface area contributed by atoms with Crippen LogP contribution in [-0.2, 0) is 9.59 Å². The molecule has 10 heteroatoms. The minimum absolute atomic E-state index is 0.0443. The van der Waals surface area contributed by atoms with E-state index in [1.165, 1.54) is 37.1 Å². The van der Waals surface area contributed by atoms with Crippen molar-refractivity contribution in [3.63, 3.8) is 0 Å². The number of benzene rings is 1. The molecule has 0 spiro atoms. The molecular formula is C16H20N4O5S. The summed E-state index contributed by atoms with van der Waals surface area (Å²) in [7, 11) is 1.35. The van der Waals surface area contributed by atoms with E-state index in [1.54, 1.807) is 0 Å². The molecule has 2 rings (SSSR count). The summed E-state index contributed by atoms with van der Waals surface area (Å²) in [6.07, 6.45) is -0.0443. The highest BCUT2D eigenvalue weighted by molar-refractivity contribution is 8.15. The summed E-state index contributed by atoms with van der Waals surface area (Å²) < 4.78 is 5.08. The van der Waals surface area contributed by atoms with Gasteiger partial charge in [0.25, 0.3) is 5.69 Å². The van der Waals surface area contributed by atoms with E-state index in [0.29, 0.717) is 23.3 Å². The third-order valence-electron chi connectivity index (χ3n) is 3.42. The standard InChI is InChI=1S/C16H20N4O5S/c1-9(2)8-17-16-19-15(22)13(26-16)7-14(21)18-11-5-4-10(20(23)24)6-12(11)25-3/h4-6,9,13H,7-8H2,1-3H3,(H,18,21)(H,17,19,22)/t13-/m1/s1. The normalized spacial score (nSPS) is 18.1. The number of hydrogen-bond acceptors (Lipinski definition) is 7. The molecule has 1 fully saturated rings. The molecule has 0 bridgehead atoms. The van der Waals surface area contributed by atoms with Crippen molar-refractivity contribution in [1.29, 1.82) is 0 Å². The van der Waals surface area contributed by atoms with Gasteiger partial charge in [-0.25, -0.2) is 0 Å². The Morgan fingerprint density at radius 3 is 2.85 bits per heavy atom. The van der Waals surface area contributed by atoms with Crippen LogP contribution < -0.4 is 15.4 Å². The third-order valence-corrected chi connectivity index (χ3v) is 4.54. The molecular weight excluding hydrogens is 360 g/mol. The zero-order valence-electron chi connectivity index (χ0n) is 14.6. The first-order valence-electron chi connectivity index (χ1n) is 7.94. The Hall–Kier alpha value is -2.62. The zero-order valence-corrected chi connectivity index (χ0v) is 15.5. The number of carbonyl (C=O) groups is 2. The molecule has 9 nitrogen and oxygen atoms in total. The van der Waals surface area contributed by atoms with Gasteiger partial charge in [-0.3, -0.25) is 24.7 Å². The van der Waals surface area contributed by atoms with E-state index in [0.717, 1.165) is 0 Å². The highest BCUT2D eigenvalue weighted by Gasteiger charge is 2.32. The van der Waals surface area contributed by atoms with Crippen LogP contribution in [0.1, 0.15) is 20.3 Å². The van der Waals surface area contributed by atoms with E-state index in [4.69, 9.17) is 4.74 Å². The molecule has 2 amide bonds. The number of nitrogens with one attached hydrogen (secondary N) is 2. The van der Waals surface area contributed by atoms with Crippen LogP contribution in [0, 0.1) is 16.0 Å². The maximum atomic E-state index is 12.2. The van der Waals surface area contributed by atoms with Crippen LogP contribution in [0.25, 0.3) is 0 Å². The van der Waals surface area contributed by atoms with Crippen LogP contribution in [0.15, 0.2) is 23.2 Å². The van der Waals surface area contributed by atoms with Gasteiger partial charge in [0.2, 0.25) is 11.8 Å². The molecule has 1 saturated heterocycles. The summed E-state index contributed by atoms with van der Waals surface area (Å²) in [4.78, 5) is 38.8. The lowest BCUT2D eigenvalue weighted by atomic mass is 10.2. The second-order valence-electron chi connectivity index (χ2n) is 6.03. The van der Waals surface area contributed by atoms with Crippen molar-refractivity contribution in [2.45, 2.75) is 25.5 Å². The lowest BCUT2D eigenvalue weighted by molar-refractivity contribution is -0.384. The number of ether oxygens (including phenoxy) is 1. The van der Waals surface area contributed by atoms with Crippen LogP contribution in [0.4, 0.5) is 11.4 Å². The van der Waals surface area contributed by atoms with E-state index in [2.05, 4.69) is 15.6 Å². The summed E-state index contributed by atoms with van der Waals surface area (Å²) >= 11 is 1.22. The summed E-state index contributed by atoms with van der Waals surface area (Å²) in [5, 5.41) is 16.0. The predicted molar refractivity (Wildman–Crippen MR) is 99.6 cm³/mol. The number of aliphatic imine (C=N–C) groups is 1. The molecule has 140 valence electrons.